The molecule has 1 aliphatic heterocycles. The van der Waals surface area contributed by atoms with Crippen LogP contribution in [0.3, 0.4) is 0 Å². The average Bonchev–Trinajstić information content (AvgIpc) is 2.96. The van der Waals surface area contributed by atoms with Crippen molar-refractivity contribution in [3.05, 3.63) is 95.6 Å². The van der Waals surface area contributed by atoms with Crippen LogP contribution in [0.4, 0.5) is 11.4 Å². The first-order valence-corrected chi connectivity index (χ1v) is 17.7. The van der Waals surface area contributed by atoms with Gasteiger partial charge in [0.15, 0.2) is 11.6 Å². The molecule has 5 rings (SSSR count). The predicted octanol–water partition coefficient (Wildman–Crippen LogP) is 5.11. The zero-order valence-corrected chi connectivity index (χ0v) is 27.2. The number of nitrogens with zero attached hydrogens (tertiary/aromatic N) is 1. The van der Waals surface area contributed by atoms with Crippen LogP contribution >= 0.6 is 0 Å². The lowest BCUT2D eigenvalue weighted by Gasteiger charge is -2.43. The van der Waals surface area contributed by atoms with E-state index in [4.69, 9.17) is 0 Å². The summed E-state index contributed by atoms with van der Waals surface area (Å²) in [5.41, 5.74) is 1.33. The maximum atomic E-state index is 14.8. The second kappa shape index (κ2) is 11.7. The van der Waals surface area contributed by atoms with Gasteiger partial charge in [0.25, 0.3) is 10.0 Å². The number of hydrogen-bond donors (Lipinski definition) is 3. The summed E-state index contributed by atoms with van der Waals surface area (Å²) in [7, 11) is -8.09. The molecule has 1 aliphatic carbocycles. The van der Waals surface area contributed by atoms with Crippen molar-refractivity contribution in [3.63, 3.8) is 0 Å². The Hall–Kier alpha value is -4.13. The molecule has 1 heterocycles. The number of rotatable bonds is 9. The SMILES string of the molecule is C=Cc1ccc(CNC2(CCC(C)(C)C)C(=O)C(C3=NS(=O)(=O)c4cc(NS(C)(=O)=O)ccc4N3)C(=O)c3ccccc32)cc1. The Kier molecular flexibility index (Phi) is 8.36. The van der Waals surface area contributed by atoms with E-state index in [-0.39, 0.29) is 27.5 Å². The molecular weight excluding hydrogens is 613 g/mol. The summed E-state index contributed by atoms with van der Waals surface area (Å²) in [4.78, 5) is 28.6. The minimum Gasteiger partial charge on any atom is -0.341 e. The second-order valence-corrected chi connectivity index (χ2v) is 16.0. The van der Waals surface area contributed by atoms with Gasteiger partial charge in [-0.25, -0.2) is 8.42 Å². The minimum absolute atomic E-state index is 0.0329. The Bertz CT molecular complexity index is 1950. The lowest BCUT2D eigenvalue weighted by atomic mass is 9.66. The van der Waals surface area contributed by atoms with E-state index in [1.807, 2.05) is 24.3 Å². The van der Waals surface area contributed by atoms with Crippen molar-refractivity contribution < 1.29 is 26.4 Å². The highest BCUT2D eigenvalue weighted by atomic mass is 32.2. The van der Waals surface area contributed by atoms with Gasteiger partial charge in [0.1, 0.15) is 22.2 Å². The van der Waals surface area contributed by atoms with Crippen LogP contribution < -0.4 is 15.4 Å². The minimum atomic E-state index is -4.42. The van der Waals surface area contributed by atoms with Gasteiger partial charge in [-0.3, -0.25) is 19.6 Å². The van der Waals surface area contributed by atoms with Crippen LogP contribution in [-0.4, -0.2) is 40.5 Å². The predicted molar refractivity (Wildman–Crippen MR) is 176 cm³/mol. The largest absolute Gasteiger partial charge is 0.341 e. The first-order valence-electron chi connectivity index (χ1n) is 14.4. The van der Waals surface area contributed by atoms with Gasteiger partial charge in [-0.1, -0.05) is 82.0 Å². The average molecular weight is 649 g/mol. The van der Waals surface area contributed by atoms with Crippen molar-refractivity contribution >= 4 is 54.9 Å². The molecule has 0 saturated carbocycles. The van der Waals surface area contributed by atoms with E-state index in [0.717, 1.165) is 23.4 Å². The number of fused-ring (bicyclic) bond motifs is 2. The smallest absolute Gasteiger partial charge is 0.286 e. The first-order chi connectivity index (χ1) is 21.0. The molecule has 45 heavy (non-hydrogen) atoms. The quantitative estimate of drug-likeness (QED) is 0.271. The van der Waals surface area contributed by atoms with Crippen LogP contribution in [0.15, 0.2) is 82.6 Å². The summed E-state index contributed by atoms with van der Waals surface area (Å²) >= 11 is 0. The highest BCUT2D eigenvalue weighted by Crippen LogP contribution is 2.43. The standard InChI is InChI=1S/C33H36N4O6S2/c1-6-21-11-13-22(14-12-21)20-34-33(18-17-32(2,3)4)25-10-8-7-9-24(25)29(38)28(30(33)39)31-35-26-16-15-23(36-44(5,40)41)19-27(26)45(42,43)37-31/h6-16,19,28,34,36H,1,17-18,20H2,2-5H3,(H,35,37). The van der Waals surface area contributed by atoms with Crippen molar-refractivity contribution in [2.24, 2.45) is 15.7 Å². The zero-order chi connectivity index (χ0) is 32.8. The van der Waals surface area contributed by atoms with Crippen LogP contribution in [0.1, 0.15) is 60.7 Å². The van der Waals surface area contributed by atoms with Gasteiger partial charge in [-0.05, 0) is 53.1 Å². The van der Waals surface area contributed by atoms with Gasteiger partial charge in [-0.15, -0.1) is 4.40 Å². The normalized spacial score (nSPS) is 20.8. The molecule has 0 bridgehead atoms. The van der Waals surface area contributed by atoms with Crippen LogP contribution in [-0.2, 0) is 36.9 Å². The molecule has 3 aromatic rings. The molecule has 2 atom stereocenters. The fraction of sp³-hybridized carbons (Fsp3) is 0.303. The number of ketones is 2. The fourth-order valence-corrected chi connectivity index (χ4v) is 7.41. The van der Waals surface area contributed by atoms with Crippen molar-refractivity contribution in [2.75, 3.05) is 16.3 Å². The molecule has 10 nitrogen and oxygen atoms in total. The topological polar surface area (TPSA) is 151 Å². The number of carbonyl (C=O) groups excluding carboxylic acids is 2. The number of sulfonamides is 2. The molecule has 3 N–H and O–H groups in total. The van der Waals surface area contributed by atoms with Crippen LogP contribution in [0, 0.1) is 11.3 Å². The Labute approximate surface area is 264 Å². The Morgan fingerprint density at radius 2 is 1.73 bits per heavy atom. The summed E-state index contributed by atoms with van der Waals surface area (Å²) in [6, 6.07) is 18.6. The molecule has 12 heteroatoms. The molecule has 0 fully saturated rings. The van der Waals surface area contributed by atoms with E-state index in [0.29, 0.717) is 30.5 Å². The number of carbonyl (C=O) groups is 2. The molecule has 236 valence electrons. The molecule has 0 saturated heterocycles. The fourth-order valence-electron chi connectivity index (χ4n) is 5.67. The molecule has 0 spiro atoms. The summed E-state index contributed by atoms with van der Waals surface area (Å²) in [6.07, 6.45) is 3.65. The van der Waals surface area contributed by atoms with Crippen LogP contribution in [0.5, 0.6) is 0 Å². The van der Waals surface area contributed by atoms with Crippen LogP contribution in [0.2, 0.25) is 0 Å². The summed E-state index contributed by atoms with van der Waals surface area (Å²) < 4.78 is 56.5. The van der Waals surface area contributed by atoms with Gasteiger partial charge >= 0.3 is 0 Å². The number of Topliss-reactive ketones (excluding diaryl/α,β-unsaturated/α-hetero) is 2. The molecule has 2 unspecified atom stereocenters. The maximum Gasteiger partial charge on any atom is 0.286 e. The van der Waals surface area contributed by atoms with E-state index >= 15 is 0 Å². The summed E-state index contributed by atoms with van der Waals surface area (Å²) in [5.74, 6) is -2.89. The second-order valence-electron chi connectivity index (χ2n) is 12.6. The third kappa shape index (κ3) is 6.63. The highest BCUT2D eigenvalue weighted by molar-refractivity contribution is 7.92. The van der Waals surface area contributed by atoms with E-state index in [2.05, 4.69) is 47.1 Å². The number of nitrogens with one attached hydrogen (secondary N) is 3. The van der Waals surface area contributed by atoms with Gasteiger partial charge < -0.3 is 5.32 Å². The summed E-state index contributed by atoms with van der Waals surface area (Å²) in [6.45, 7) is 10.3. The van der Waals surface area contributed by atoms with Crippen molar-refractivity contribution in [2.45, 2.75) is 50.6 Å². The maximum absolute atomic E-state index is 14.8. The van der Waals surface area contributed by atoms with Gasteiger partial charge in [0.05, 0.1) is 11.9 Å². The molecular formula is C33H36N4O6S2. The number of hydrogen-bond acceptors (Lipinski definition) is 8. The van der Waals surface area contributed by atoms with E-state index in [9.17, 15) is 26.4 Å². The molecule has 0 aromatic heterocycles. The monoisotopic (exact) mass is 648 g/mol. The van der Waals surface area contributed by atoms with E-state index in [1.165, 1.54) is 12.1 Å². The lowest BCUT2D eigenvalue weighted by molar-refractivity contribution is -0.128. The molecule has 0 amide bonds. The van der Waals surface area contributed by atoms with Gasteiger partial charge in [0, 0.05) is 17.8 Å². The van der Waals surface area contributed by atoms with E-state index < -0.39 is 43.1 Å². The van der Waals surface area contributed by atoms with Crippen molar-refractivity contribution in [1.29, 1.82) is 0 Å². The Balaban J connectivity index is 1.61. The van der Waals surface area contributed by atoms with Gasteiger partial charge in [0.2, 0.25) is 10.0 Å². The molecule has 2 aliphatic rings. The van der Waals surface area contributed by atoms with E-state index in [1.54, 1.807) is 30.3 Å². The van der Waals surface area contributed by atoms with Crippen LogP contribution in [0.25, 0.3) is 6.08 Å². The molecule has 3 aromatic carbocycles. The zero-order valence-electron chi connectivity index (χ0n) is 25.5. The highest BCUT2D eigenvalue weighted by Gasteiger charge is 2.54. The van der Waals surface area contributed by atoms with Crippen molar-refractivity contribution in [3.8, 4) is 0 Å². The third-order valence-electron chi connectivity index (χ3n) is 7.97. The van der Waals surface area contributed by atoms with Gasteiger partial charge in [-0.2, -0.15) is 8.42 Å². The molecule has 0 radical (unpaired) electrons. The van der Waals surface area contributed by atoms with Crippen molar-refractivity contribution in [1.82, 2.24) is 5.32 Å². The number of benzene rings is 3. The number of anilines is 2. The lowest BCUT2D eigenvalue weighted by Crippen LogP contribution is -2.59. The summed E-state index contributed by atoms with van der Waals surface area (Å²) in [5, 5.41) is 6.42. The first kappa shape index (κ1) is 32.3. The third-order valence-corrected chi connectivity index (χ3v) is 9.91. The Morgan fingerprint density at radius 1 is 1.04 bits per heavy atom. The number of amidine groups is 1. The Morgan fingerprint density at radius 3 is 2.38 bits per heavy atom.